The number of hydrogen-bond acceptors (Lipinski definition) is 3. The molecule has 0 bridgehead atoms. The van der Waals surface area contributed by atoms with Crippen LogP contribution in [0.1, 0.15) is 52.5 Å². The maximum absolute atomic E-state index is 10.4. The lowest BCUT2D eigenvalue weighted by atomic mass is 9.73. The lowest BCUT2D eigenvalue weighted by Crippen LogP contribution is -2.41. The zero-order valence-corrected chi connectivity index (χ0v) is 13.8. The Labute approximate surface area is 131 Å². The molecule has 2 aliphatic rings. The lowest BCUT2D eigenvalue weighted by molar-refractivity contribution is -0.0386. The van der Waals surface area contributed by atoms with Crippen molar-refractivity contribution in [2.45, 2.75) is 63.8 Å². The van der Waals surface area contributed by atoms with Crippen molar-refractivity contribution in [3.05, 3.63) is 28.8 Å². The molecule has 0 atom stereocenters. The Bertz CT molecular complexity index is 551. The molecule has 1 N–H and O–H groups in total. The van der Waals surface area contributed by atoms with Crippen molar-refractivity contribution in [3.8, 4) is 0 Å². The van der Waals surface area contributed by atoms with Crippen LogP contribution in [0.2, 0.25) is 5.02 Å². The topological polar surface area (TPSA) is 38.7 Å². The summed E-state index contributed by atoms with van der Waals surface area (Å²) in [5, 5.41) is 11.0. The van der Waals surface area contributed by atoms with Gasteiger partial charge in [0.15, 0.2) is 0 Å². The molecule has 1 aromatic carbocycles. The SMILES string of the molecule is CC1(C)OB(c2ccc(C3(O)CCC3)c(Cl)c2)OC1(C)C. The molecule has 1 heterocycles. The van der Waals surface area contributed by atoms with Gasteiger partial charge in [-0.05, 0) is 58.5 Å². The first kappa shape index (κ1) is 15.4. The first-order chi connectivity index (χ1) is 9.65. The summed E-state index contributed by atoms with van der Waals surface area (Å²) in [5.41, 5.74) is 0.233. The Morgan fingerprint density at radius 1 is 1.10 bits per heavy atom. The summed E-state index contributed by atoms with van der Waals surface area (Å²) in [6.07, 6.45) is 2.61. The molecule has 1 aromatic rings. The van der Waals surface area contributed by atoms with Crippen molar-refractivity contribution in [3.63, 3.8) is 0 Å². The highest BCUT2D eigenvalue weighted by Gasteiger charge is 2.52. The van der Waals surface area contributed by atoms with Gasteiger partial charge in [-0.15, -0.1) is 0 Å². The Morgan fingerprint density at radius 2 is 1.67 bits per heavy atom. The van der Waals surface area contributed by atoms with Gasteiger partial charge in [0.05, 0.1) is 16.8 Å². The van der Waals surface area contributed by atoms with Crippen molar-refractivity contribution in [1.82, 2.24) is 0 Å². The summed E-state index contributed by atoms with van der Waals surface area (Å²) in [6.45, 7) is 8.11. The van der Waals surface area contributed by atoms with Gasteiger partial charge in [0.1, 0.15) is 0 Å². The minimum absolute atomic E-state index is 0.366. The molecular formula is C16H22BClO3. The van der Waals surface area contributed by atoms with Gasteiger partial charge in [-0.25, -0.2) is 0 Å². The van der Waals surface area contributed by atoms with Crippen molar-refractivity contribution >= 4 is 24.2 Å². The van der Waals surface area contributed by atoms with Crippen LogP contribution in [0.3, 0.4) is 0 Å². The summed E-state index contributed by atoms with van der Waals surface area (Å²) < 4.78 is 12.1. The molecule has 0 amide bonds. The van der Waals surface area contributed by atoms with E-state index in [0.717, 1.165) is 30.3 Å². The molecule has 1 aliphatic heterocycles. The smallest absolute Gasteiger partial charge is 0.399 e. The first-order valence-corrected chi connectivity index (χ1v) is 7.90. The summed E-state index contributed by atoms with van der Waals surface area (Å²) in [6, 6.07) is 5.71. The molecule has 2 fully saturated rings. The van der Waals surface area contributed by atoms with Gasteiger partial charge in [0, 0.05) is 10.6 Å². The van der Waals surface area contributed by atoms with Gasteiger partial charge >= 0.3 is 7.12 Å². The Balaban J connectivity index is 1.87. The van der Waals surface area contributed by atoms with Crippen LogP contribution in [0.25, 0.3) is 0 Å². The number of halogens is 1. The summed E-state index contributed by atoms with van der Waals surface area (Å²) in [7, 11) is -0.419. The normalized spacial score (nSPS) is 25.7. The van der Waals surface area contributed by atoms with E-state index in [9.17, 15) is 5.11 Å². The Hall–Kier alpha value is -0.545. The molecule has 1 saturated heterocycles. The minimum Gasteiger partial charge on any atom is -0.399 e. The van der Waals surface area contributed by atoms with E-state index in [2.05, 4.69) is 0 Å². The second-order valence-corrected chi connectivity index (χ2v) is 7.62. The van der Waals surface area contributed by atoms with Crippen molar-refractivity contribution in [1.29, 1.82) is 0 Å². The minimum atomic E-state index is -0.744. The van der Waals surface area contributed by atoms with Crippen LogP contribution in [0.15, 0.2) is 18.2 Å². The van der Waals surface area contributed by atoms with Crippen LogP contribution >= 0.6 is 11.6 Å². The summed E-state index contributed by atoms with van der Waals surface area (Å²) >= 11 is 6.38. The summed E-state index contributed by atoms with van der Waals surface area (Å²) in [4.78, 5) is 0. The third-order valence-corrected chi connectivity index (χ3v) is 5.51. The fraction of sp³-hybridized carbons (Fsp3) is 0.625. The first-order valence-electron chi connectivity index (χ1n) is 7.53. The molecule has 3 rings (SSSR count). The van der Waals surface area contributed by atoms with Gasteiger partial charge in [0.2, 0.25) is 0 Å². The van der Waals surface area contributed by atoms with E-state index >= 15 is 0 Å². The van der Waals surface area contributed by atoms with Crippen molar-refractivity contribution in [2.24, 2.45) is 0 Å². The zero-order chi connectivity index (χ0) is 15.5. The fourth-order valence-electron chi connectivity index (χ4n) is 2.82. The third-order valence-electron chi connectivity index (χ3n) is 5.20. The van der Waals surface area contributed by atoms with Crippen LogP contribution in [0.4, 0.5) is 0 Å². The lowest BCUT2D eigenvalue weighted by Gasteiger charge is -2.37. The largest absolute Gasteiger partial charge is 0.494 e. The number of benzene rings is 1. The second-order valence-electron chi connectivity index (χ2n) is 7.21. The van der Waals surface area contributed by atoms with E-state index in [1.54, 1.807) is 0 Å². The molecule has 1 saturated carbocycles. The van der Waals surface area contributed by atoms with E-state index in [-0.39, 0.29) is 11.2 Å². The second kappa shape index (κ2) is 4.72. The molecule has 5 heteroatoms. The van der Waals surface area contributed by atoms with Crippen molar-refractivity contribution in [2.75, 3.05) is 0 Å². The molecule has 3 nitrogen and oxygen atoms in total. The van der Waals surface area contributed by atoms with Gasteiger partial charge in [0.25, 0.3) is 0 Å². The van der Waals surface area contributed by atoms with E-state index in [0.29, 0.717) is 5.02 Å². The standard InChI is InChI=1S/C16H22BClO3/c1-14(2)15(3,4)21-17(20-14)11-6-7-12(13(18)10-11)16(19)8-5-9-16/h6-7,10,19H,5,8-9H2,1-4H3. The van der Waals surface area contributed by atoms with Crippen LogP contribution in [-0.2, 0) is 14.9 Å². The zero-order valence-electron chi connectivity index (χ0n) is 13.1. The molecule has 21 heavy (non-hydrogen) atoms. The molecule has 0 aromatic heterocycles. The average Bonchev–Trinajstić information content (AvgIpc) is 2.55. The number of rotatable bonds is 2. The predicted octanol–water partition coefficient (Wildman–Crippen LogP) is 3.01. The van der Waals surface area contributed by atoms with E-state index in [1.165, 1.54) is 0 Å². The average molecular weight is 309 g/mol. The molecule has 0 unspecified atom stereocenters. The maximum atomic E-state index is 10.4. The van der Waals surface area contributed by atoms with E-state index in [4.69, 9.17) is 20.9 Å². The van der Waals surface area contributed by atoms with Crippen LogP contribution in [-0.4, -0.2) is 23.4 Å². The fourth-order valence-corrected chi connectivity index (χ4v) is 3.18. The molecule has 0 spiro atoms. The van der Waals surface area contributed by atoms with Crippen LogP contribution in [0.5, 0.6) is 0 Å². The third kappa shape index (κ3) is 2.42. The quantitative estimate of drug-likeness (QED) is 0.854. The van der Waals surface area contributed by atoms with Gasteiger partial charge in [-0.1, -0.05) is 23.7 Å². The van der Waals surface area contributed by atoms with E-state index in [1.807, 2.05) is 45.9 Å². The Morgan fingerprint density at radius 3 is 2.10 bits per heavy atom. The van der Waals surface area contributed by atoms with Crippen molar-refractivity contribution < 1.29 is 14.4 Å². The predicted molar refractivity (Wildman–Crippen MR) is 84.9 cm³/mol. The number of hydrogen-bond donors (Lipinski definition) is 1. The van der Waals surface area contributed by atoms with Gasteiger partial charge in [-0.2, -0.15) is 0 Å². The van der Waals surface area contributed by atoms with Crippen LogP contribution < -0.4 is 5.46 Å². The molecular weight excluding hydrogens is 286 g/mol. The van der Waals surface area contributed by atoms with Gasteiger partial charge in [-0.3, -0.25) is 0 Å². The van der Waals surface area contributed by atoms with E-state index < -0.39 is 12.7 Å². The number of aliphatic hydroxyl groups is 1. The highest BCUT2D eigenvalue weighted by Crippen LogP contribution is 2.43. The monoisotopic (exact) mass is 308 g/mol. The Kier molecular flexibility index (Phi) is 3.45. The molecule has 114 valence electrons. The molecule has 0 radical (unpaired) electrons. The maximum Gasteiger partial charge on any atom is 0.494 e. The van der Waals surface area contributed by atoms with Crippen LogP contribution in [0, 0.1) is 0 Å². The highest BCUT2D eigenvalue weighted by molar-refractivity contribution is 6.62. The van der Waals surface area contributed by atoms with Gasteiger partial charge < -0.3 is 14.4 Å². The highest BCUT2D eigenvalue weighted by atomic mass is 35.5. The summed E-state index contributed by atoms with van der Waals surface area (Å²) in [5.74, 6) is 0. The molecule has 1 aliphatic carbocycles.